The van der Waals surface area contributed by atoms with Crippen LogP contribution in [-0.2, 0) is 11.2 Å². The van der Waals surface area contributed by atoms with Crippen molar-refractivity contribution in [1.29, 1.82) is 0 Å². The number of ether oxygens (including phenoxy) is 1. The van der Waals surface area contributed by atoms with Crippen molar-refractivity contribution in [3.63, 3.8) is 0 Å². The van der Waals surface area contributed by atoms with Crippen molar-refractivity contribution < 1.29 is 19.4 Å². The molecule has 1 saturated carbocycles. The lowest BCUT2D eigenvalue weighted by atomic mass is 10.1. The van der Waals surface area contributed by atoms with Crippen LogP contribution in [0.3, 0.4) is 0 Å². The zero-order chi connectivity index (χ0) is 19.7. The van der Waals surface area contributed by atoms with E-state index in [-0.39, 0.29) is 18.4 Å². The van der Waals surface area contributed by atoms with E-state index in [1.807, 2.05) is 31.2 Å². The van der Waals surface area contributed by atoms with Crippen LogP contribution in [0.15, 0.2) is 48.5 Å². The van der Waals surface area contributed by atoms with Gasteiger partial charge in [-0.05, 0) is 74.6 Å². The van der Waals surface area contributed by atoms with Gasteiger partial charge in [-0.1, -0.05) is 12.1 Å². The molecule has 1 N–H and O–H groups in total. The molecule has 0 saturated heterocycles. The SMILES string of the molecule is Cc1cc2c(CC(=O)O)cccc2n1C(=O)c1ccc(OC2CCCC2)cc1. The molecule has 1 aliphatic carbocycles. The second kappa shape index (κ2) is 7.50. The van der Waals surface area contributed by atoms with E-state index in [1.165, 1.54) is 12.8 Å². The first kappa shape index (κ1) is 18.3. The highest BCUT2D eigenvalue weighted by Gasteiger charge is 2.19. The fourth-order valence-electron chi connectivity index (χ4n) is 4.02. The summed E-state index contributed by atoms with van der Waals surface area (Å²) in [6, 6.07) is 14.6. The van der Waals surface area contributed by atoms with Crippen LogP contribution in [-0.4, -0.2) is 27.7 Å². The number of hydrogen-bond donors (Lipinski definition) is 1. The topological polar surface area (TPSA) is 68.5 Å². The summed E-state index contributed by atoms with van der Waals surface area (Å²) in [7, 11) is 0. The number of carboxylic acids is 1. The molecule has 5 nitrogen and oxygen atoms in total. The molecule has 28 heavy (non-hydrogen) atoms. The Balaban J connectivity index is 1.63. The Bertz CT molecular complexity index is 1030. The van der Waals surface area contributed by atoms with E-state index in [0.717, 1.165) is 35.2 Å². The number of fused-ring (bicyclic) bond motifs is 1. The maximum absolute atomic E-state index is 13.1. The van der Waals surface area contributed by atoms with E-state index >= 15 is 0 Å². The highest BCUT2D eigenvalue weighted by Crippen LogP contribution is 2.27. The quantitative estimate of drug-likeness (QED) is 0.706. The first-order chi connectivity index (χ1) is 13.5. The van der Waals surface area contributed by atoms with Gasteiger partial charge in [-0.2, -0.15) is 0 Å². The van der Waals surface area contributed by atoms with Crippen molar-refractivity contribution >= 4 is 22.8 Å². The Hall–Kier alpha value is -3.08. The average molecular weight is 377 g/mol. The molecule has 4 rings (SSSR count). The number of carboxylic acid groups (broad SMARTS) is 1. The minimum absolute atomic E-state index is 0.0673. The Labute approximate surface area is 163 Å². The maximum atomic E-state index is 13.1. The molecule has 5 heteroatoms. The first-order valence-electron chi connectivity index (χ1n) is 9.66. The number of aromatic nitrogens is 1. The Morgan fingerprint density at radius 3 is 2.50 bits per heavy atom. The van der Waals surface area contributed by atoms with Gasteiger partial charge in [0.1, 0.15) is 5.75 Å². The van der Waals surface area contributed by atoms with Crippen LogP contribution in [0.25, 0.3) is 10.9 Å². The number of rotatable bonds is 5. The molecule has 3 aromatic rings. The summed E-state index contributed by atoms with van der Waals surface area (Å²) < 4.78 is 7.62. The molecular formula is C23H23NO4. The monoisotopic (exact) mass is 377 g/mol. The lowest BCUT2D eigenvalue weighted by Gasteiger charge is -2.13. The third-order valence-electron chi connectivity index (χ3n) is 5.37. The predicted molar refractivity (Wildman–Crippen MR) is 107 cm³/mol. The Morgan fingerprint density at radius 2 is 1.82 bits per heavy atom. The number of nitrogens with zero attached hydrogens (tertiary/aromatic N) is 1. The van der Waals surface area contributed by atoms with E-state index in [9.17, 15) is 9.59 Å². The van der Waals surface area contributed by atoms with E-state index in [2.05, 4.69) is 0 Å². The molecule has 0 spiro atoms. The summed E-state index contributed by atoms with van der Waals surface area (Å²) in [5.74, 6) is -0.226. The third-order valence-corrected chi connectivity index (χ3v) is 5.37. The molecule has 0 unspecified atom stereocenters. The summed E-state index contributed by atoms with van der Waals surface area (Å²) in [6.07, 6.45) is 4.82. The van der Waals surface area contributed by atoms with Crippen LogP contribution in [0.4, 0.5) is 0 Å². The Kier molecular flexibility index (Phi) is 4.90. The minimum Gasteiger partial charge on any atom is -0.490 e. The van der Waals surface area contributed by atoms with Gasteiger partial charge in [0.05, 0.1) is 18.0 Å². The van der Waals surface area contributed by atoms with Crippen LogP contribution in [0.1, 0.15) is 47.3 Å². The van der Waals surface area contributed by atoms with Crippen molar-refractivity contribution in [3.05, 3.63) is 65.4 Å². The van der Waals surface area contributed by atoms with Gasteiger partial charge in [-0.3, -0.25) is 14.2 Å². The van der Waals surface area contributed by atoms with Crippen molar-refractivity contribution in [2.45, 2.75) is 45.1 Å². The Morgan fingerprint density at radius 1 is 1.11 bits per heavy atom. The van der Waals surface area contributed by atoms with Crippen LogP contribution in [0, 0.1) is 6.92 Å². The zero-order valence-corrected chi connectivity index (χ0v) is 15.9. The van der Waals surface area contributed by atoms with Gasteiger partial charge in [0.25, 0.3) is 5.91 Å². The molecule has 0 aliphatic heterocycles. The fourth-order valence-corrected chi connectivity index (χ4v) is 4.02. The molecule has 1 heterocycles. The number of aryl methyl sites for hydroxylation is 1. The van der Waals surface area contributed by atoms with Crippen molar-refractivity contribution in [2.75, 3.05) is 0 Å². The summed E-state index contributed by atoms with van der Waals surface area (Å²) in [5.41, 5.74) is 2.79. The van der Waals surface area contributed by atoms with Gasteiger partial charge in [0.2, 0.25) is 0 Å². The zero-order valence-electron chi connectivity index (χ0n) is 15.9. The van der Waals surface area contributed by atoms with Crippen LogP contribution in [0.2, 0.25) is 0 Å². The van der Waals surface area contributed by atoms with Crippen LogP contribution >= 0.6 is 0 Å². The number of aliphatic carboxylic acids is 1. The van der Waals surface area contributed by atoms with Crippen molar-refractivity contribution in [2.24, 2.45) is 0 Å². The third kappa shape index (κ3) is 3.52. The van der Waals surface area contributed by atoms with Crippen LogP contribution < -0.4 is 4.74 Å². The van der Waals surface area contributed by atoms with E-state index < -0.39 is 5.97 Å². The highest BCUT2D eigenvalue weighted by molar-refractivity contribution is 6.04. The minimum atomic E-state index is -0.887. The van der Waals surface area contributed by atoms with Gasteiger partial charge in [0.15, 0.2) is 0 Å². The van der Waals surface area contributed by atoms with Gasteiger partial charge >= 0.3 is 5.97 Å². The average Bonchev–Trinajstić information content (AvgIpc) is 3.29. The summed E-state index contributed by atoms with van der Waals surface area (Å²) in [6.45, 7) is 1.86. The van der Waals surface area contributed by atoms with E-state index in [0.29, 0.717) is 11.1 Å². The second-order valence-corrected chi connectivity index (χ2v) is 7.40. The van der Waals surface area contributed by atoms with Crippen molar-refractivity contribution in [3.8, 4) is 5.75 Å². The van der Waals surface area contributed by atoms with Crippen molar-refractivity contribution in [1.82, 2.24) is 4.57 Å². The van der Waals surface area contributed by atoms with Gasteiger partial charge in [-0.25, -0.2) is 0 Å². The second-order valence-electron chi connectivity index (χ2n) is 7.40. The standard InChI is InChI=1S/C23H23NO4/c1-15-13-20-17(14-22(25)26)5-4-8-21(20)24(15)23(27)16-9-11-19(12-10-16)28-18-6-2-3-7-18/h4-5,8-13,18H,2-3,6-7,14H2,1H3,(H,25,26). The maximum Gasteiger partial charge on any atom is 0.307 e. The normalized spacial score (nSPS) is 14.5. The largest absolute Gasteiger partial charge is 0.490 e. The molecule has 2 aromatic carbocycles. The first-order valence-corrected chi connectivity index (χ1v) is 9.66. The lowest BCUT2D eigenvalue weighted by molar-refractivity contribution is -0.136. The molecule has 0 amide bonds. The van der Waals surface area contributed by atoms with Gasteiger partial charge in [0, 0.05) is 16.6 Å². The number of benzene rings is 2. The predicted octanol–water partition coefficient (Wildman–Crippen LogP) is 4.59. The van der Waals surface area contributed by atoms with Crippen LogP contribution in [0.5, 0.6) is 5.75 Å². The lowest BCUT2D eigenvalue weighted by Crippen LogP contribution is -2.14. The molecule has 1 fully saturated rings. The van der Waals surface area contributed by atoms with Gasteiger partial charge in [-0.15, -0.1) is 0 Å². The smallest absolute Gasteiger partial charge is 0.307 e. The molecular weight excluding hydrogens is 354 g/mol. The molecule has 0 atom stereocenters. The number of carbonyl (C=O) groups is 2. The molecule has 1 aromatic heterocycles. The molecule has 0 radical (unpaired) electrons. The molecule has 144 valence electrons. The number of carbonyl (C=O) groups excluding carboxylic acids is 1. The summed E-state index contributed by atoms with van der Waals surface area (Å²) in [5, 5.41) is 9.93. The van der Waals surface area contributed by atoms with E-state index in [4.69, 9.17) is 9.84 Å². The molecule has 0 bridgehead atoms. The molecule has 1 aliphatic rings. The number of hydrogen-bond acceptors (Lipinski definition) is 3. The summed E-state index contributed by atoms with van der Waals surface area (Å²) in [4.78, 5) is 24.3. The van der Waals surface area contributed by atoms with E-state index in [1.54, 1.807) is 28.8 Å². The van der Waals surface area contributed by atoms with Gasteiger partial charge < -0.3 is 9.84 Å². The summed E-state index contributed by atoms with van der Waals surface area (Å²) >= 11 is 0. The fraction of sp³-hybridized carbons (Fsp3) is 0.304. The highest BCUT2D eigenvalue weighted by atomic mass is 16.5.